The summed E-state index contributed by atoms with van der Waals surface area (Å²) in [5.74, 6) is -1.03. The maximum atomic E-state index is 14.0. The molecule has 3 rings (SSSR count). The van der Waals surface area contributed by atoms with Crippen LogP contribution in [0, 0.1) is 19.3 Å². The average molecular weight is 564 g/mol. The van der Waals surface area contributed by atoms with Crippen molar-refractivity contribution in [3.63, 3.8) is 0 Å². The zero-order chi connectivity index (χ0) is 28.6. The summed E-state index contributed by atoms with van der Waals surface area (Å²) in [5.41, 5.74) is 0.921. The van der Waals surface area contributed by atoms with Gasteiger partial charge in [-0.1, -0.05) is 56.2 Å². The fraction of sp³-hybridized carbons (Fsp3) is 0.500. The third-order valence-corrected chi connectivity index (χ3v) is 11.2. The predicted molar refractivity (Wildman–Crippen MR) is 145 cm³/mol. The van der Waals surface area contributed by atoms with Gasteiger partial charge in [0, 0.05) is 24.8 Å². The molecule has 1 aliphatic rings. The number of carbonyl (C=O) groups is 2. The number of piperidine rings is 1. The van der Waals surface area contributed by atoms with Gasteiger partial charge in [-0.2, -0.15) is 4.31 Å². The van der Waals surface area contributed by atoms with Gasteiger partial charge in [-0.05, 0) is 51.5 Å². The highest BCUT2D eigenvalue weighted by Crippen LogP contribution is 2.39. The van der Waals surface area contributed by atoms with E-state index in [1.807, 2.05) is 13.8 Å². The molecule has 10 heteroatoms. The molecule has 0 amide bonds. The van der Waals surface area contributed by atoms with Crippen LogP contribution in [0.1, 0.15) is 58.6 Å². The molecule has 1 fully saturated rings. The monoisotopic (exact) mass is 563 g/mol. The topological polar surface area (TPSA) is 115 Å². The van der Waals surface area contributed by atoms with E-state index in [-0.39, 0.29) is 28.4 Å². The van der Waals surface area contributed by atoms with Gasteiger partial charge in [0.1, 0.15) is 17.1 Å². The summed E-state index contributed by atoms with van der Waals surface area (Å²) in [6.07, 6.45) is -1.81. The van der Waals surface area contributed by atoms with Crippen molar-refractivity contribution in [3.8, 4) is 0 Å². The molecular formula is C28H37NO7S2. The highest BCUT2D eigenvalue weighted by Gasteiger charge is 2.54. The number of nitrogens with zero attached hydrogens (tertiary/aromatic N) is 1. The summed E-state index contributed by atoms with van der Waals surface area (Å²) in [5, 5.41) is -1.24. The molecule has 0 aliphatic carbocycles. The summed E-state index contributed by atoms with van der Waals surface area (Å²) >= 11 is 0. The molecule has 1 saturated heterocycles. The maximum absolute atomic E-state index is 14.0. The number of sulfone groups is 1. The highest BCUT2D eigenvalue weighted by atomic mass is 32.2. The van der Waals surface area contributed by atoms with Crippen LogP contribution in [0.3, 0.4) is 0 Å². The fourth-order valence-corrected chi connectivity index (χ4v) is 8.62. The Labute approximate surface area is 226 Å². The molecule has 8 nitrogen and oxygen atoms in total. The lowest BCUT2D eigenvalue weighted by Crippen LogP contribution is -2.63. The molecule has 0 radical (unpaired) electrons. The van der Waals surface area contributed by atoms with Crippen molar-refractivity contribution in [1.29, 1.82) is 0 Å². The Kier molecular flexibility index (Phi) is 8.60. The molecule has 2 aromatic rings. The number of benzene rings is 2. The molecule has 38 heavy (non-hydrogen) atoms. The van der Waals surface area contributed by atoms with E-state index in [1.54, 1.807) is 52.0 Å². The second-order valence-corrected chi connectivity index (χ2v) is 15.2. The van der Waals surface area contributed by atoms with Gasteiger partial charge in [-0.15, -0.1) is 0 Å². The zero-order valence-corrected chi connectivity index (χ0v) is 24.6. The van der Waals surface area contributed by atoms with Gasteiger partial charge in [0.2, 0.25) is 10.0 Å². The Morgan fingerprint density at radius 1 is 0.895 bits per heavy atom. The van der Waals surface area contributed by atoms with Crippen LogP contribution in [0.25, 0.3) is 0 Å². The Balaban J connectivity index is 2.21. The van der Waals surface area contributed by atoms with Gasteiger partial charge in [0.25, 0.3) is 0 Å². The lowest BCUT2D eigenvalue weighted by molar-refractivity contribution is -0.153. The number of ether oxygens (including phenoxy) is 1. The number of esters is 1. The average Bonchev–Trinajstić information content (AvgIpc) is 2.80. The van der Waals surface area contributed by atoms with Crippen LogP contribution in [-0.2, 0) is 34.2 Å². The number of Topliss-reactive ketones (excluding diaryl/α,β-unsaturated/α-hetero) is 1. The van der Waals surface area contributed by atoms with Crippen molar-refractivity contribution in [2.24, 2.45) is 5.41 Å². The van der Waals surface area contributed by atoms with E-state index < -0.39 is 54.7 Å². The van der Waals surface area contributed by atoms with Crippen LogP contribution in [0.4, 0.5) is 0 Å². The largest absolute Gasteiger partial charge is 0.459 e. The van der Waals surface area contributed by atoms with E-state index in [9.17, 15) is 26.4 Å². The minimum atomic E-state index is -4.18. The number of sulfonamides is 1. The molecule has 0 aromatic heterocycles. The van der Waals surface area contributed by atoms with Gasteiger partial charge < -0.3 is 4.74 Å². The first kappa shape index (κ1) is 30.0. The second kappa shape index (κ2) is 10.9. The number of hydrogen-bond acceptors (Lipinski definition) is 7. The van der Waals surface area contributed by atoms with Crippen LogP contribution in [0.15, 0.2) is 58.3 Å². The molecule has 0 unspecified atom stereocenters. The van der Waals surface area contributed by atoms with Gasteiger partial charge in [-0.3, -0.25) is 9.59 Å². The quantitative estimate of drug-likeness (QED) is 0.463. The summed E-state index contributed by atoms with van der Waals surface area (Å²) in [4.78, 5) is 25.6. The lowest BCUT2D eigenvalue weighted by atomic mass is 9.83. The van der Waals surface area contributed by atoms with E-state index in [4.69, 9.17) is 4.74 Å². The van der Waals surface area contributed by atoms with Crippen molar-refractivity contribution < 1.29 is 31.2 Å². The van der Waals surface area contributed by atoms with E-state index in [0.717, 1.165) is 18.1 Å². The Bertz CT molecular complexity index is 1390. The normalized spacial score (nSPS) is 23.1. The SMILES string of the molecule is CC(=O)O[C@H]1[C@@H](CC(=O)C(C)(C)C)N(S(=O)(=O)c2ccc(C)cc2)[C@@H](C)C[C@@H]1S(=O)(=O)c1ccc(C)cc1. The van der Waals surface area contributed by atoms with Crippen LogP contribution < -0.4 is 0 Å². The van der Waals surface area contributed by atoms with Crippen LogP contribution in [0.5, 0.6) is 0 Å². The Hall–Kier alpha value is -2.56. The third kappa shape index (κ3) is 6.18. The first-order chi connectivity index (χ1) is 17.5. The lowest BCUT2D eigenvalue weighted by Gasteiger charge is -2.47. The molecule has 1 aliphatic heterocycles. The molecule has 1 heterocycles. The number of hydrogen-bond donors (Lipinski definition) is 0. The molecule has 208 valence electrons. The smallest absolute Gasteiger partial charge is 0.303 e. The summed E-state index contributed by atoms with van der Waals surface area (Å²) in [6, 6.07) is 10.6. The number of rotatable bonds is 7. The van der Waals surface area contributed by atoms with Crippen molar-refractivity contribution >= 4 is 31.6 Å². The van der Waals surface area contributed by atoms with Crippen molar-refractivity contribution in [1.82, 2.24) is 4.31 Å². The van der Waals surface area contributed by atoms with Crippen molar-refractivity contribution in [3.05, 3.63) is 59.7 Å². The maximum Gasteiger partial charge on any atom is 0.303 e. The minimum absolute atomic E-state index is 0.0181. The van der Waals surface area contributed by atoms with Crippen LogP contribution in [-0.4, -0.2) is 56.3 Å². The summed E-state index contributed by atoms with van der Waals surface area (Å²) in [6.45, 7) is 11.6. The van der Waals surface area contributed by atoms with E-state index >= 15 is 0 Å². The molecule has 0 spiro atoms. The Morgan fingerprint density at radius 2 is 1.37 bits per heavy atom. The molecule has 2 aromatic carbocycles. The highest BCUT2D eigenvalue weighted by molar-refractivity contribution is 7.92. The molecule has 0 saturated carbocycles. The molecule has 0 N–H and O–H groups in total. The van der Waals surface area contributed by atoms with E-state index in [0.29, 0.717) is 0 Å². The predicted octanol–water partition coefficient (Wildman–Crippen LogP) is 4.23. The first-order valence-electron chi connectivity index (χ1n) is 12.6. The summed E-state index contributed by atoms with van der Waals surface area (Å²) < 4.78 is 62.5. The van der Waals surface area contributed by atoms with E-state index in [1.165, 1.54) is 28.6 Å². The fourth-order valence-electron chi connectivity index (χ4n) is 4.80. The van der Waals surface area contributed by atoms with Crippen molar-refractivity contribution in [2.75, 3.05) is 0 Å². The number of carbonyl (C=O) groups excluding carboxylic acids is 2. The molecular weight excluding hydrogens is 526 g/mol. The minimum Gasteiger partial charge on any atom is -0.459 e. The van der Waals surface area contributed by atoms with Crippen LogP contribution >= 0.6 is 0 Å². The number of ketones is 1. The van der Waals surface area contributed by atoms with Gasteiger partial charge >= 0.3 is 5.97 Å². The summed E-state index contributed by atoms with van der Waals surface area (Å²) in [7, 11) is -8.24. The van der Waals surface area contributed by atoms with Gasteiger partial charge in [0.15, 0.2) is 9.84 Å². The van der Waals surface area contributed by atoms with E-state index in [2.05, 4.69) is 0 Å². The first-order valence-corrected chi connectivity index (χ1v) is 15.6. The standard InChI is InChI=1S/C28H37NO7S2/c1-18-8-12-22(13-9-18)37(32,33)25-16-20(3)29(38(34,35)23-14-10-19(2)11-15-23)24(27(25)36-21(4)30)17-26(31)28(5,6)7/h8-15,20,24-25,27H,16-17H2,1-7H3/t20-,24+,25-,27-/m0/s1. The third-order valence-electron chi connectivity index (χ3n) is 6.96. The molecule has 4 atom stereocenters. The van der Waals surface area contributed by atoms with Gasteiger partial charge in [-0.25, -0.2) is 16.8 Å². The number of aryl methyl sites for hydroxylation is 2. The Morgan fingerprint density at radius 3 is 1.82 bits per heavy atom. The van der Waals surface area contributed by atoms with Gasteiger partial charge in [0.05, 0.1) is 15.8 Å². The van der Waals surface area contributed by atoms with Crippen LogP contribution in [0.2, 0.25) is 0 Å². The second-order valence-electron chi connectivity index (χ2n) is 11.1. The van der Waals surface area contributed by atoms with Crippen molar-refractivity contribution in [2.45, 2.75) is 94.5 Å². The zero-order valence-electron chi connectivity index (χ0n) is 23.0. The molecule has 0 bridgehead atoms.